The number of benzene rings is 2. The summed E-state index contributed by atoms with van der Waals surface area (Å²) < 4.78 is 10.6. The van der Waals surface area contributed by atoms with Gasteiger partial charge in [-0.15, -0.1) is 0 Å². The third-order valence-electron chi connectivity index (χ3n) is 5.76. The average molecular weight is 483 g/mol. The van der Waals surface area contributed by atoms with Crippen molar-refractivity contribution in [3.8, 4) is 11.5 Å². The standard InChI is InChI=1S/C23H25N5O7/c24-23(26-33)14-1-4-16(5-2-14)28-8-7-27(12-21(28)30)11-20(29)25-17(10-22(31)32)15-3-6-18-19(9-15)35-13-34-18/h1-6,9,17,33H,7-8,10-13H2,(H2,24,26)(H,25,29)(H,31,32). The van der Waals surface area contributed by atoms with Gasteiger partial charge in [0, 0.05) is 24.3 Å². The van der Waals surface area contributed by atoms with Gasteiger partial charge in [0.05, 0.1) is 25.6 Å². The summed E-state index contributed by atoms with van der Waals surface area (Å²) in [5.41, 5.74) is 7.34. The molecule has 0 aromatic heterocycles. The second-order valence-electron chi connectivity index (χ2n) is 8.12. The largest absolute Gasteiger partial charge is 0.481 e. The van der Waals surface area contributed by atoms with Gasteiger partial charge in [0.2, 0.25) is 18.6 Å². The van der Waals surface area contributed by atoms with E-state index in [-0.39, 0.29) is 38.0 Å². The fraction of sp³-hybridized carbons (Fsp3) is 0.304. The van der Waals surface area contributed by atoms with Crippen molar-refractivity contribution in [2.45, 2.75) is 12.5 Å². The lowest BCUT2D eigenvalue weighted by atomic mass is 10.0. The Morgan fingerprint density at radius 2 is 1.86 bits per heavy atom. The van der Waals surface area contributed by atoms with E-state index in [2.05, 4.69) is 10.5 Å². The zero-order chi connectivity index (χ0) is 24.9. The molecular formula is C23H25N5O7. The third kappa shape index (κ3) is 5.61. The molecule has 184 valence electrons. The number of amides is 2. The number of carboxylic acids is 1. The Bertz CT molecular complexity index is 1150. The second-order valence-corrected chi connectivity index (χ2v) is 8.12. The van der Waals surface area contributed by atoms with E-state index in [0.717, 1.165) is 0 Å². The first kappa shape index (κ1) is 23.8. The molecule has 12 nitrogen and oxygen atoms in total. The highest BCUT2D eigenvalue weighted by atomic mass is 16.7. The normalized spacial score (nSPS) is 16.7. The van der Waals surface area contributed by atoms with Crippen LogP contribution in [0.5, 0.6) is 11.5 Å². The number of hydrogen-bond donors (Lipinski definition) is 4. The molecule has 0 bridgehead atoms. The number of fused-ring (bicyclic) bond motifs is 1. The molecule has 2 amide bonds. The number of anilines is 1. The van der Waals surface area contributed by atoms with Gasteiger partial charge in [0.1, 0.15) is 0 Å². The van der Waals surface area contributed by atoms with Gasteiger partial charge >= 0.3 is 5.97 Å². The molecule has 0 spiro atoms. The minimum Gasteiger partial charge on any atom is -0.481 e. The molecule has 4 rings (SSSR count). The Labute approximate surface area is 200 Å². The summed E-state index contributed by atoms with van der Waals surface area (Å²) in [6.45, 7) is 0.889. The van der Waals surface area contributed by atoms with Crippen molar-refractivity contribution in [2.24, 2.45) is 10.9 Å². The number of rotatable bonds is 8. The van der Waals surface area contributed by atoms with Crippen molar-refractivity contribution in [2.75, 3.05) is 37.9 Å². The number of piperazine rings is 1. The van der Waals surface area contributed by atoms with Crippen LogP contribution in [-0.2, 0) is 14.4 Å². The molecule has 2 heterocycles. The summed E-state index contributed by atoms with van der Waals surface area (Å²) in [7, 11) is 0. The van der Waals surface area contributed by atoms with Gasteiger partial charge in [0.15, 0.2) is 17.3 Å². The topological polar surface area (TPSA) is 167 Å². The van der Waals surface area contributed by atoms with Gasteiger partial charge in [-0.2, -0.15) is 0 Å². The molecule has 35 heavy (non-hydrogen) atoms. The molecule has 1 fully saturated rings. The van der Waals surface area contributed by atoms with Gasteiger partial charge in [-0.3, -0.25) is 19.3 Å². The van der Waals surface area contributed by atoms with E-state index in [1.165, 1.54) is 0 Å². The molecule has 1 atom stereocenters. The van der Waals surface area contributed by atoms with Crippen LogP contribution in [0.4, 0.5) is 5.69 Å². The van der Waals surface area contributed by atoms with Crippen LogP contribution in [0.3, 0.4) is 0 Å². The number of nitrogens with zero attached hydrogens (tertiary/aromatic N) is 3. The summed E-state index contributed by atoms with van der Waals surface area (Å²) in [4.78, 5) is 40.1. The highest BCUT2D eigenvalue weighted by Crippen LogP contribution is 2.34. The molecule has 12 heteroatoms. The molecule has 1 unspecified atom stereocenters. The monoisotopic (exact) mass is 483 g/mol. The Morgan fingerprint density at radius 1 is 1.11 bits per heavy atom. The summed E-state index contributed by atoms with van der Waals surface area (Å²) in [5, 5.41) is 23.8. The van der Waals surface area contributed by atoms with Crippen molar-refractivity contribution in [1.29, 1.82) is 0 Å². The minimum atomic E-state index is -1.06. The predicted octanol–water partition coefficient (Wildman–Crippen LogP) is 0.491. The van der Waals surface area contributed by atoms with Gasteiger partial charge in [-0.25, -0.2) is 0 Å². The zero-order valence-electron chi connectivity index (χ0n) is 18.7. The Kier molecular flexibility index (Phi) is 7.01. The summed E-state index contributed by atoms with van der Waals surface area (Å²) >= 11 is 0. The molecule has 0 radical (unpaired) electrons. The molecular weight excluding hydrogens is 458 g/mol. The van der Waals surface area contributed by atoms with Crippen molar-refractivity contribution >= 4 is 29.3 Å². The van der Waals surface area contributed by atoms with E-state index in [1.807, 2.05) is 0 Å². The SMILES string of the molecule is NC(=NO)c1ccc(N2CCN(CC(=O)NC(CC(=O)O)c3ccc4c(c3)OCO4)CC2=O)cc1. The molecule has 0 saturated carbocycles. The lowest BCUT2D eigenvalue weighted by Gasteiger charge is -2.34. The van der Waals surface area contributed by atoms with Crippen LogP contribution >= 0.6 is 0 Å². The maximum absolute atomic E-state index is 12.7. The smallest absolute Gasteiger partial charge is 0.305 e. The number of carboxylic acid groups (broad SMARTS) is 1. The third-order valence-corrected chi connectivity index (χ3v) is 5.76. The molecule has 5 N–H and O–H groups in total. The van der Waals surface area contributed by atoms with E-state index in [4.69, 9.17) is 20.4 Å². The van der Waals surface area contributed by atoms with Crippen LogP contribution in [0, 0.1) is 0 Å². The number of hydrogen-bond acceptors (Lipinski definition) is 8. The molecule has 2 aliphatic heterocycles. The highest BCUT2D eigenvalue weighted by molar-refractivity contribution is 5.99. The molecule has 2 aromatic carbocycles. The van der Waals surface area contributed by atoms with Crippen LogP contribution in [0.15, 0.2) is 47.6 Å². The number of carbonyl (C=O) groups is 3. The van der Waals surface area contributed by atoms with Crippen molar-refractivity contribution in [1.82, 2.24) is 10.2 Å². The maximum atomic E-state index is 12.7. The van der Waals surface area contributed by atoms with Crippen molar-refractivity contribution < 1.29 is 34.2 Å². The number of oxime groups is 1. The first-order valence-electron chi connectivity index (χ1n) is 10.9. The van der Waals surface area contributed by atoms with Crippen molar-refractivity contribution in [3.63, 3.8) is 0 Å². The first-order chi connectivity index (χ1) is 16.8. The van der Waals surface area contributed by atoms with Crippen LogP contribution in [-0.4, -0.2) is 71.8 Å². The lowest BCUT2D eigenvalue weighted by Crippen LogP contribution is -2.53. The number of carbonyl (C=O) groups excluding carboxylic acids is 2. The first-order valence-corrected chi connectivity index (χ1v) is 10.9. The van der Waals surface area contributed by atoms with Crippen LogP contribution in [0.25, 0.3) is 0 Å². The van der Waals surface area contributed by atoms with Crippen LogP contribution in [0.2, 0.25) is 0 Å². The number of amidine groups is 1. The minimum absolute atomic E-state index is 0.0272. The van der Waals surface area contributed by atoms with E-state index >= 15 is 0 Å². The Morgan fingerprint density at radius 3 is 2.54 bits per heavy atom. The zero-order valence-corrected chi connectivity index (χ0v) is 18.7. The predicted molar refractivity (Wildman–Crippen MR) is 123 cm³/mol. The van der Waals surface area contributed by atoms with Crippen molar-refractivity contribution in [3.05, 3.63) is 53.6 Å². The quantitative estimate of drug-likeness (QED) is 0.181. The van der Waals surface area contributed by atoms with E-state index in [1.54, 1.807) is 52.3 Å². The summed E-state index contributed by atoms with van der Waals surface area (Å²) in [5.74, 6) is -0.606. The van der Waals surface area contributed by atoms with Gasteiger partial charge in [0.25, 0.3) is 0 Å². The molecule has 0 aliphatic carbocycles. The van der Waals surface area contributed by atoms with Crippen LogP contribution < -0.4 is 25.4 Å². The fourth-order valence-electron chi connectivity index (χ4n) is 4.00. The number of nitrogens with one attached hydrogen (secondary N) is 1. The van der Waals surface area contributed by atoms with E-state index in [0.29, 0.717) is 41.4 Å². The Hall–Kier alpha value is -4.32. The lowest BCUT2D eigenvalue weighted by molar-refractivity contribution is -0.137. The Balaban J connectivity index is 1.35. The average Bonchev–Trinajstić information content (AvgIpc) is 3.31. The molecule has 2 aliphatic rings. The molecule has 1 saturated heterocycles. The number of aliphatic carboxylic acids is 1. The molecule has 2 aromatic rings. The maximum Gasteiger partial charge on any atom is 0.305 e. The van der Waals surface area contributed by atoms with Gasteiger partial charge < -0.3 is 35.7 Å². The second kappa shape index (κ2) is 10.3. The highest BCUT2D eigenvalue weighted by Gasteiger charge is 2.28. The number of ether oxygens (including phenoxy) is 2. The fourth-order valence-corrected chi connectivity index (χ4v) is 4.00. The van der Waals surface area contributed by atoms with Gasteiger partial charge in [-0.1, -0.05) is 11.2 Å². The van der Waals surface area contributed by atoms with Gasteiger partial charge in [-0.05, 0) is 42.0 Å². The van der Waals surface area contributed by atoms with E-state index in [9.17, 15) is 19.5 Å². The number of nitrogens with two attached hydrogens (primary N) is 1. The van der Waals surface area contributed by atoms with E-state index < -0.39 is 17.9 Å². The summed E-state index contributed by atoms with van der Waals surface area (Å²) in [6, 6.07) is 11.0. The summed E-state index contributed by atoms with van der Waals surface area (Å²) in [6.07, 6.45) is -0.306. The van der Waals surface area contributed by atoms with Crippen LogP contribution in [0.1, 0.15) is 23.6 Å².